The zero-order valence-electron chi connectivity index (χ0n) is 15.8. The number of carbonyl (C=O) groups is 2. The van der Waals surface area contributed by atoms with Crippen molar-refractivity contribution >= 4 is 11.8 Å². The first-order valence-electron chi connectivity index (χ1n) is 9.77. The van der Waals surface area contributed by atoms with Gasteiger partial charge in [-0.2, -0.15) is 0 Å². The normalized spacial score (nSPS) is 25.3. The number of aryl methyl sites for hydroxylation is 1. The number of carbonyl (C=O) groups excluding carboxylic acids is 2. The Morgan fingerprint density at radius 1 is 1.27 bits per heavy atom. The number of hydroxylamine groups is 1. The van der Waals surface area contributed by atoms with E-state index in [2.05, 4.69) is 0 Å². The van der Waals surface area contributed by atoms with Crippen molar-refractivity contribution in [1.29, 1.82) is 0 Å². The zero-order chi connectivity index (χ0) is 18.7. The highest BCUT2D eigenvalue weighted by atomic mass is 16.5. The second kappa shape index (κ2) is 7.78. The molecule has 0 radical (unpaired) electrons. The van der Waals surface area contributed by atoms with E-state index in [1.54, 1.807) is 5.48 Å². The minimum absolute atomic E-state index is 0.114. The van der Waals surface area contributed by atoms with Gasteiger partial charge < -0.3 is 4.90 Å². The van der Waals surface area contributed by atoms with Crippen LogP contribution in [-0.4, -0.2) is 34.5 Å². The highest BCUT2D eigenvalue weighted by Gasteiger charge is 2.47. The molecular weight excluding hydrogens is 328 g/mol. The molecule has 2 N–H and O–H groups in total. The van der Waals surface area contributed by atoms with Gasteiger partial charge >= 0.3 is 0 Å². The van der Waals surface area contributed by atoms with Gasteiger partial charge in [0, 0.05) is 19.0 Å². The second-order valence-corrected chi connectivity index (χ2v) is 8.15. The van der Waals surface area contributed by atoms with E-state index in [9.17, 15) is 9.59 Å². The average molecular weight is 358 g/mol. The van der Waals surface area contributed by atoms with Gasteiger partial charge in [-0.05, 0) is 44.6 Å². The summed E-state index contributed by atoms with van der Waals surface area (Å²) in [5.41, 5.74) is 3.45. The van der Waals surface area contributed by atoms with Crippen molar-refractivity contribution < 1.29 is 14.8 Å². The summed E-state index contributed by atoms with van der Waals surface area (Å²) in [5.74, 6) is 0.0466. The summed E-state index contributed by atoms with van der Waals surface area (Å²) in [4.78, 5) is 27.2. The van der Waals surface area contributed by atoms with Crippen LogP contribution in [-0.2, 0) is 15.0 Å². The summed E-state index contributed by atoms with van der Waals surface area (Å²) in [6.45, 7) is 4.73. The molecule has 26 heavy (non-hydrogen) atoms. The van der Waals surface area contributed by atoms with Gasteiger partial charge in [-0.15, -0.1) is 0 Å². The van der Waals surface area contributed by atoms with Crippen molar-refractivity contribution in [2.75, 3.05) is 6.54 Å². The summed E-state index contributed by atoms with van der Waals surface area (Å²) in [6, 6.07) is 8.07. The Morgan fingerprint density at radius 2 is 1.92 bits per heavy atom. The highest BCUT2D eigenvalue weighted by molar-refractivity contribution is 5.90. The summed E-state index contributed by atoms with van der Waals surface area (Å²) < 4.78 is 0. The van der Waals surface area contributed by atoms with Crippen molar-refractivity contribution in [2.24, 2.45) is 5.92 Å². The molecule has 3 rings (SSSR count). The first-order valence-corrected chi connectivity index (χ1v) is 9.77. The number of nitrogens with zero attached hydrogens (tertiary/aromatic N) is 1. The lowest BCUT2D eigenvalue weighted by Crippen LogP contribution is -2.47. The van der Waals surface area contributed by atoms with E-state index in [-0.39, 0.29) is 18.4 Å². The molecule has 5 nitrogen and oxygen atoms in total. The molecule has 142 valence electrons. The Bertz CT molecular complexity index is 652. The largest absolute Gasteiger partial charge is 0.338 e. The van der Waals surface area contributed by atoms with Crippen molar-refractivity contribution in [3.63, 3.8) is 0 Å². The Balaban J connectivity index is 1.84. The van der Waals surface area contributed by atoms with Gasteiger partial charge in [0.15, 0.2) is 0 Å². The number of nitrogens with one attached hydrogen (secondary N) is 1. The average Bonchev–Trinajstić information content (AvgIpc) is 2.97. The van der Waals surface area contributed by atoms with Crippen LogP contribution in [0.3, 0.4) is 0 Å². The van der Waals surface area contributed by atoms with E-state index < -0.39 is 11.3 Å². The molecule has 2 fully saturated rings. The van der Waals surface area contributed by atoms with Crippen molar-refractivity contribution in [3.05, 3.63) is 35.4 Å². The molecule has 1 aliphatic heterocycles. The van der Waals surface area contributed by atoms with E-state index in [4.69, 9.17) is 5.21 Å². The van der Waals surface area contributed by atoms with Crippen LogP contribution in [0.15, 0.2) is 24.3 Å². The summed E-state index contributed by atoms with van der Waals surface area (Å²) in [6.07, 6.45) is 6.57. The molecule has 2 unspecified atom stereocenters. The van der Waals surface area contributed by atoms with Crippen LogP contribution in [0.1, 0.15) is 63.0 Å². The smallest absolute Gasteiger partial charge is 0.245 e. The van der Waals surface area contributed by atoms with Crippen molar-refractivity contribution in [1.82, 2.24) is 10.4 Å². The van der Waals surface area contributed by atoms with E-state index in [0.29, 0.717) is 12.5 Å². The van der Waals surface area contributed by atoms with Crippen LogP contribution >= 0.6 is 0 Å². The number of amides is 2. The zero-order valence-corrected chi connectivity index (χ0v) is 15.8. The Labute approximate surface area is 155 Å². The summed E-state index contributed by atoms with van der Waals surface area (Å²) in [7, 11) is 0. The standard InChI is InChI=1S/C21H30N2O3/c1-15-8-10-17(11-9-15)21(2)12-13-23(20(21)25)18(14-19(24)22-26)16-6-4-3-5-7-16/h8-11,16,18,26H,3-7,12-14H2,1-2H3,(H,22,24). The van der Waals surface area contributed by atoms with Gasteiger partial charge in [0.05, 0.1) is 5.41 Å². The molecule has 1 aromatic rings. The van der Waals surface area contributed by atoms with E-state index in [1.807, 2.05) is 43.0 Å². The van der Waals surface area contributed by atoms with Crippen LogP contribution in [0.5, 0.6) is 0 Å². The number of hydrogen-bond donors (Lipinski definition) is 2. The minimum atomic E-state index is -0.531. The Kier molecular flexibility index (Phi) is 5.66. The molecular formula is C21H30N2O3. The Hall–Kier alpha value is -1.88. The van der Waals surface area contributed by atoms with Gasteiger partial charge in [0.1, 0.15) is 0 Å². The quantitative estimate of drug-likeness (QED) is 0.626. The number of likely N-dealkylation sites (tertiary alicyclic amines) is 1. The molecule has 2 atom stereocenters. The fourth-order valence-electron chi connectivity index (χ4n) is 4.66. The molecule has 1 aromatic carbocycles. The Morgan fingerprint density at radius 3 is 2.54 bits per heavy atom. The molecule has 1 saturated heterocycles. The third kappa shape index (κ3) is 3.63. The molecule has 2 aliphatic rings. The number of benzene rings is 1. The predicted octanol–water partition coefficient (Wildman–Crippen LogP) is 3.33. The predicted molar refractivity (Wildman–Crippen MR) is 99.8 cm³/mol. The first-order chi connectivity index (χ1) is 12.5. The SMILES string of the molecule is Cc1ccc(C2(C)CCN(C(CC(=O)NO)C3CCCCC3)C2=O)cc1. The van der Waals surface area contributed by atoms with Gasteiger partial charge in [0.25, 0.3) is 0 Å². The molecule has 0 aromatic heterocycles. The fraction of sp³-hybridized carbons (Fsp3) is 0.619. The van der Waals surface area contributed by atoms with Crippen LogP contribution in [0.25, 0.3) is 0 Å². The minimum Gasteiger partial charge on any atom is -0.338 e. The summed E-state index contributed by atoms with van der Waals surface area (Å²) >= 11 is 0. The second-order valence-electron chi connectivity index (χ2n) is 8.15. The van der Waals surface area contributed by atoms with Crippen molar-refractivity contribution in [3.8, 4) is 0 Å². The maximum absolute atomic E-state index is 13.4. The van der Waals surface area contributed by atoms with Gasteiger partial charge in [-0.25, -0.2) is 5.48 Å². The molecule has 5 heteroatoms. The maximum atomic E-state index is 13.4. The van der Waals surface area contributed by atoms with E-state index in [0.717, 1.165) is 37.7 Å². The maximum Gasteiger partial charge on any atom is 0.245 e. The van der Waals surface area contributed by atoms with E-state index >= 15 is 0 Å². The van der Waals surface area contributed by atoms with Crippen LogP contribution < -0.4 is 5.48 Å². The lowest BCUT2D eigenvalue weighted by molar-refractivity contribution is -0.138. The first kappa shape index (κ1) is 18.9. The highest BCUT2D eigenvalue weighted by Crippen LogP contribution is 2.40. The van der Waals surface area contributed by atoms with Crippen molar-refractivity contribution in [2.45, 2.75) is 70.3 Å². The molecule has 0 bridgehead atoms. The topological polar surface area (TPSA) is 69.6 Å². The number of rotatable bonds is 5. The van der Waals surface area contributed by atoms with Gasteiger partial charge in [0.2, 0.25) is 11.8 Å². The molecule has 1 heterocycles. The molecule has 1 saturated carbocycles. The fourth-order valence-corrected chi connectivity index (χ4v) is 4.66. The lowest BCUT2D eigenvalue weighted by atomic mass is 9.79. The third-order valence-corrected chi connectivity index (χ3v) is 6.39. The molecule has 1 aliphatic carbocycles. The number of hydrogen-bond acceptors (Lipinski definition) is 3. The van der Waals surface area contributed by atoms with Crippen LogP contribution in [0, 0.1) is 12.8 Å². The monoisotopic (exact) mass is 358 g/mol. The summed E-state index contributed by atoms with van der Waals surface area (Å²) in [5, 5.41) is 8.99. The van der Waals surface area contributed by atoms with E-state index in [1.165, 1.54) is 12.0 Å². The third-order valence-electron chi connectivity index (χ3n) is 6.39. The van der Waals surface area contributed by atoms with Gasteiger partial charge in [-0.1, -0.05) is 49.1 Å². The van der Waals surface area contributed by atoms with Crippen LogP contribution in [0.4, 0.5) is 0 Å². The van der Waals surface area contributed by atoms with Gasteiger partial charge in [-0.3, -0.25) is 14.8 Å². The molecule has 2 amide bonds. The molecule has 0 spiro atoms. The van der Waals surface area contributed by atoms with Crippen LogP contribution in [0.2, 0.25) is 0 Å². The lowest BCUT2D eigenvalue weighted by Gasteiger charge is -2.37.